The average molecular weight is 335 g/mol. The van der Waals surface area contributed by atoms with Crippen molar-refractivity contribution < 1.29 is 13.9 Å². The molecule has 0 atom stereocenters. The van der Waals surface area contributed by atoms with Crippen molar-refractivity contribution in [2.75, 3.05) is 6.61 Å². The number of carbonyl (C=O) groups excluding carboxylic acids is 1. The molecule has 0 fully saturated rings. The molecule has 0 spiro atoms. The van der Waals surface area contributed by atoms with Crippen molar-refractivity contribution in [1.82, 2.24) is 5.43 Å². The molecule has 0 heterocycles. The van der Waals surface area contributed by atoms with Crippen molar-refractivity contribution in [1.29, 1.82) is 0 Å². The highest BCUT2D eigenvalue weighted by Gasteiger charge is 2.05. The van der Waals surface area contributed by atoms with Gasteiger partial charge in [-0.25, -0.2) is 9.82 Å². The highest BCUT2D eigenvalue weighted by molar-refractivity contribution is 6.30. The summed E-state index contributed by atoms with van der Waals surface area (Å²) in [5, 5.41) is 4.58. The lowest BCUT2D eigenvalue weighted by Gasteiger charge is -2.08. The van der Waals surface area contributed by atoms with Gasteiger partial charge in [-0.2, -0.15) is 5.10 Å². The van der Waals surface area contributed by atoms with Gasteiger partial charge in [0.1, 0.15) is 11.6 Å². The number of rotatable bonds is 5. The number of hydrogen-bond acceptors (Lipinski definition) is 3. The quantitative estimate of drug-likeness (QED) is 0.669. The molecule has 0 unspecified atom stereocenters. The van der Waals surface area contributed by atoms with Crippen LogP contribution in [0, 0.1) is 12.7 Å². The van der Waals surface area contributed by atoms with E-state index in [1.807, 2.05) is 6.92 Å². The summed E-state index contributed by atoms with van der Waals surface area (Å²) in [6.07, 6.45) is 0. The third-order valence-corrected chi connectivity index (χ3v) is 3.34. The van der Waals surface area contributed by atoms with E-state index in [0.29, 0.717) is 16.5 Å². The Labute approximate surface area is 138 Å². The number of amides is 1. The van der Waals surface area contributed by atoms with Crippen LogP contribution in [0.3, 0.4) is 0 Å². The topological polar surface area (TPSA) is 50.7 Å². The zero-order valence-electron chi connectivity index (χ0n) is 12.8. The Morgan fingerprint density at radius 3 is 2.61 bits per heavy atom. The maximum absolute atomic E-state index is 12.8. The van der Waals surface area contributed by atoms with Gasteiger partial charge in [-0.3, -0.25) is 4.79 Å². The van der Waals surface area contributed by atoms with Crippen LogP contribution in [-0.4, -0.2) is 18.2 Å². The largest absolute Gasteiger partial charge is 0.483 e. The first-order chi connectivity index (χ1) is 11.0. The molecule has 2 aromatic rings. The van der Waals surface area contributed by atoms with E-state index >= 15 is 0 Å². The van der Waals surface area contributed by atoms with E-state index < -0.39 is 0 Å². The molecule has 0 aliphatic heterocycles. The molecule has 4 nitrogen and oxygen atoms in total. The predicted octanol–water partition coefficient (Wildman–Crippen LogP) is 3.71. The van der Waals surface area contributed by atoms with Crippen LogP contribution in [0.15, 0.2) is 47.6 Å². The number of halogens is 2. The summed E-state index contributed by atoms with van der Waals surface area (Å²) in [6.45, 7) is 3.40. The number of nitrogens with zero attached hydrogens (tertiary/aromatic N) is 1. The zero-order valence-corrected chi connectivity index (χ0v) is 13.5. The second-order valence-electron chi connectivity index (χ2n) is 4.94. The van der Waals surface area contributed by atoms with E-state index in [-0.39, 0.29) is 18.3 Å². The fraction of sp³-hybridized carbons (Fsp3) is 0.176. The van der Waals surface area contributed by atoms with E-state index in [2.05, 4.69) is 10.5 Å². The molecule has 0 aliphatic rings. The number of carbonyl (C=O) groups is 1. The molecule has 0 bridgehead atoms. The highest BCUT2D eigenvalue weighted by Crippen LogP contribution is 2.21. The lowest BCUT2D eigenvalue weighted by atomic mass is 10.1. The van der Waals surface area contributed by atoms with Crippen LogP contribution in [0.1, 0.15) is 18.1 Å². The lowest BCUT2D eigenvalue weighted by molar-refractivity contribution is -0.123. The molecule has 0 aliphatic carbocycles. The molecule has 0 saturated heterocycles. The maximum atomic E-state index is 12.8. The minimum atomic E-state index is -0.388. The van der Waals surface area contributed by atoms with Crippen LogP contribution in [0.4, 0.5) is 4.39 Å². The smallest absolute Gasteiger partial charge is 0.277 e. The Balaban J connectivity index is 1.89. The van der Waals surface area contributed by atoms with Crippen LogP contribution < -0.4 is 10.2 Å². The van der Waals surface area contributed by atoms with Gasteiger partial charge in [0, 0.05) is 5.02 Å². The van der Waals surface area contributed by atoms with Gasteiger partial charge in [0.2, 0.25) is 0 Å². The second-order valence-corrected chi connectivity index (χ2v) is 5.37. The molecule has 0 saturated carbocycles. The third kappa shape index (κ3) is 5.07. The van der Waals surface area contributed by atoms with Crippen molar-refractivity contribution in [3.8, 4) is 5.75 Å². The molecule has 6 heteroatoms. The minimum absolute atomic E-state index is 0.164. The number of ether oxygens (including phenoxy) is 1. The predicted molar refractivity (Wildman–Crippen MR) is 88.4 cm³/mol. The number of hydrazone groups is 1. The van der Waals surface area contributed by atoms with Gasteiger partial charge in [0.15, 0.2) is 6.61 Å². The monoisotopic (exact) mass is 334 g/mol. The van der Waals surface area contributed by atoms with Gasteiger partial charge in [-0.05, 0) is 55.3 Å². The normalized spacial score (nSPS) is 11.2. The standard InChI is InChI=1S/C17H16ClFN2O2/c1-11-9-14(18)5-8-16(11)23-10-17(22)21-20-12(2)13-3-6-15(19)7-4-13/h3-9H,10H2,1-2H3,(H,21,22)/b20-12+. The van der Waals surface area contributed by atoms with Gasteiger partial charge >= 0.3 is 0 Å². The Hall–Kier alpha value is -2.40. The Bertz CT molecular complexity index is 730. The van der Waals surface area contributed by atoms with Crippen LogP contribution in [0.5, 0.6) is 5.75 Å². The van der Waals surface area contributed by atoms with Gasteiger partial charge in [0.25, 0.3) is 5.91 Å². The number of benzene rings is 2. The maximum Gasteiger partial charge on any atom is 0.277 e. The first-order valence-electron chi connectivity index (χ1n) is 6.94. The Morgan fingerprint density at radius 1 is 1.26 bits per heavy atom. The van der Waals surface area contributed by atoms with Gasteiger partial charge in [-0.15, -0.1) is 0 Å². The summed E-state index contributed by atoms with van der Waals surface area (Å²) in [5.74, 6) is -0.123. The molecular formula is C17H16ClFN2O2. The van der Waals surface area contributed by atoms with Crippen molar-refractivity contribution in [2.24, 2.45) is 5.10 Å². The summed E-state index contributed by atoms with van der Waals surface area (Å²) in [4.78, 5) is 11.8. The van der Waals surface area contributed by atoms with E-state index in [4.69, 9.17) is 16.3 Å². The Morgan fingerprint density at radius 2 is 1.96 bits per heavy atom. The molecular weight excluding hydrogens is 319 g/mol. The highest BCUT2D eigenvalue weighted by atomic mass is 35.5. The van der Waals surface area contributed by atoms with Gasteiger partial charge < -0.3 is 4.74 Å². The summed E-state index contributed by atoms with van der Waals surface area (Å²) >= 11 is 5.86. The summed E-state index contributed by atoms with van der Waals surface area (Å²) in [6, 6.07) is 11.0. The van der Waals surface area contributed by atoms with Crippen molar-refractivity contribution >= 4 is 23.2 Å². The molecule has 0 aromatic heterocycles. The van der Waals surface area contributed by atoms with E-state index in [9.17, 15) is 9.18 Å². The van der Waals surface area contributed by atoms with Crippen molar-refractivity contribution in [3.63, 3.8) is 0 Å². The van der Waals surface area contributed by atoms with Crippen molar-refractivity contribution in [2.45, 2.75) is 13.8 Å². The number of aryl methyl sites for hydroxylation is 1. The fourth-order valence-electron chi connectivity index (χ4n) is 1.85. The lowest BCUT2D eigenvalue weighted by Crippen LogP contribution is -2.25. The number of hydrogen-bond donors (Lipinski definition) is 1. The van der Waals surface area contributed by atoms with Crippen LogP contribution >= 0.6 is 11.6 Å². The van der Waals surface area contributed by atoms with E-state index in [0.717, 1.165) is 11.1 Å². The van der Waals surface area contributed by atoms with E-state index in [1.165, 1.54) is 12.1 Å². The van der Waals surface area contributed by atoms with E-state index in [1.54, 1.807) is 37.3 Å². The van der Waals surface area contributed by atoms with Crippen molar-refractivity contribution in [3.05, 3.63) is 64.4 Å². The van der Waals surface area contributed by atoms with Gasteiger partial charge in [0.05, 0.1) is 5.71 Å². The SMILES string of the molecule is C/C(=N\NC(=O)COc1ccc(Cl)cc1C)c1ccc(F)cc1. The minimum Gasteiger partial charge on any atom is -0.483 e. The molecule has 120 valence electrons. The first kappa shape index (κ1) is 17.0. The number of nitrogens with one attached hydrogen (secondary N) is 1. The van der Waals surface area contributed by atoms with Crippen LogP contribution in [0.25, 0.3) is 0 Å². The van der Waals surface area contributed by atoms with Gasteiger partial charge in [-0.1, -0.05) is 23.7 Å². The molecule has 0 radical (unpaired) electrons. The third-order valence-electron chi connectivity index (χ3n) is 3.11. The van der Waals surface area contributed by atoms with Crippen LogP contribution in [-0.2, 0) is 4.79 Å². The summed E-state index contributed by atoms with van der Waals surface area (Å²) in [7, 11) is 0. The molecule has 2 rings (SSSR count). The summed E-state index contributed by atoms with van der Waals surface area (Å²) in [5.41, 5.74) is 4.54. The second kappa shape index (κ2) is 7.74. The molecule has 23 heavy (non-hydrogen) atoms. The first-order valence-corrected chi connectivity index (χ1v) is 7.31. The molecule has 1 N–H and O–H groups in total. The Kier molecular flexibility index (Phi) is 5.71. The average Bonchev–Trinajstić information content (AvgIpc) is 2.52. The fourth-order valence-corrected chi connectivity index (χ4v) is 2.08. The van der Waals surface area contributed by atoms with Crippen LogP contribution in [0.2, 0.25) is 5.02 Å². The summed E-state index contributed by atoms with van der Waals surface area (Å²) < 4.78 is 18.3. The zero-order chi connectivity index (χ0) is 16.8. The molecule has 2 aromatic carbocycles. The molecule has 1 amide bonds.